The van der Waals surface area contributed by atoms with Crippen molar-refractivity contribution in [2.24, 2.45) is 0 Å². The Kier molecular flexibility index (Phi) is 6.85. The molecule has 0 spiro atoms. The molecule has 0 aromatic heterocycles. The van der Waals surface area contributed by atoms with Gasteiger partial charge in [0.05, 0.1) is 5.57 Å². The maximum absolute atomic E-state index is 11.4. The fraction of sp³-hybridized carbons (Fsp3) is 0.227. The number of hydrogen-bond donors (Lipinski definition) is 0. The van der Waals surface area contributed by atoms with Crippen LogP contribution in [-0.2, 0) is 4.79 Å². The molecule has 1 aromatic rings. The van der Waals surface area contributed by atoms with Crippen molar-refractivity contribution in [3.8, 4) is 11.8 Å². The molecule has 0 saturated heterocycles. The fourth-order valence-electron chi connectivity index (χ4n) is 2.54. The van der Waals surface area contributed by atoms with Crippen LogP contribution in [0, 0.1) is 25.7 Å². The normalized spacial score (nSPS) is 12.3. The summed E-state index contributed by atoms with van der Waals surface area (Å²) in [6, 6.07) is 6.27. The Balaban J connectivity index is 0.00000127. The number of rotatable bonds is 3. The molecule has 23 heavy (non-hydrogen) atoms. The Labute approximate surface area is 139 Å². The van der Waals surface area contributed by atoms with E-state index in [1.165, 1.54) is 5.56 Å². The number of carbonyl (C=O) groups excluding carboxylic acids is 1. The van der Waals surface area contributed by atoms with Crippen LogP contribution in [0.15, 0.2) is 59.5 Å². The molecule has 0 aliphatic heterocycles. The summed E-state index contributed by atoms with van der Waals surface area (Å²) in [6.45, 7) is 14.0. The first-order valence-corrected chi connectivity index (χ1v) is 7.47. The van der Waals surface area contributed by atoms with E-state index < -0.39 is 0 Å². The van der Waals surface area contributed by atoms with Crippen molar-refractivity contribution < 1.29 is 4.79 Å². The molecule has 0 atom stereocenters. The van der Waals surface area contributed by atoms with Crippen molar-refractivity contribution in [1.82, 2.24) is 0 Å². The van der Waals surface area contributed by atoms with Gasteiger partial charge in [-0.1, -0.05) is 41.1 Å². The van der Waals surface area contributed by atoms with E-state index in [9.17, 15) is 4.79 Å². The summed E-state index contributed by atoms with van der Waals surface area (Å²) >= 11 is 0. The van der Waals surface area contributed by atoms with Gasteiger partial charge in [-0.2, -0.15) is 0 Å². The second-order valence-corrected chi connectivity index (χ2v) is 5.18. The van der Waals surface area contributed by atoms with Crippen LogP contribution in [0.5, 0.6) is 0 Å². The van der Waals surface area contributed by atoms with Crippen molar-refractivity contribution >= 4 is 11.9 Å². The van der Waals surface area contributed by atoms with Crippen LogP contribution in [-0.4, -0.2) is 6.29 Å². The maximum atomic E-state index is 11.4. The van der Waals surface area contributed by atoms with Crippen molar-refractivity contribution in [3.05, 3.63) is 76.2 Å². The van der Waals surface area contributed by atoms with E-state index in [0.717, 1.165) is 34.1 Å². The topological polar surface area (TPSA) is 17.1 Å². The van der Waals surface area contributed by atoms with Gasteiger partial charge in [0.1, 0.15) is 0 Å². The molecule has 2 rings (SSSR count). The molecule has 0 heterocycles. The van der Waals surface area contributed by atoms with Gasteiger partial charge >= 0.3 is 0 Å². The smallest absolute Gasteiger partial charge is 0.159 e. The summed E-state index contributed by atoms with van der Waals surface area (Å²) in [5.74, 6) is 6.02. The van der Waals surface area contributed by atoms with Crippen LogP contribution >= 0.6 is 0 Å². The zero-order valence-electron chi connectivity index (χ0n) is 14.3. The SMILES string of the molecule is C=C.CC#CCC1=C(c2ccc(C)cc2C)C(C=O)=C=C=C1C. The van der Waals surface area contributed by atoms with Gasteiger partial charge in [0.2, 0.25) is 0 Å². The number of aldehydes is 1. The third kappa shape index (κ3) is 4.12. The molecule has 0 unspecified atom stereocenters. The standard InChI is InChI=1S/C20H18O.C2H4/c1-5-6-7-18-15(3)9-10-17(13-21)20(18)19-11-8-14(2)12-16(19)4;1-2/h8,11-13H,7H2,1-4H3;1-2H2. The summed E-state index contributed by atoms with van der Waals surface area (Å²) in [7, 11) is 0. The van der Waals surface area contributed by atoms with Crippen LogP contribution < -0.4 is 0 Å². The molecule has 0 radical (unpaired) electrons. The summed E-state index contributed by atoms with van der Waals surface area (Å²) in [4.78, 5) is 11.4. The van der Waals surface area contributed by atoms with E-state index in [-0.39, 0.29) is 0 Å². The Morgan fingerprint density at radius 1 is 1.17 bits per heavy atom. The lowest BCUT2D eigenvalue weighted by Gasteiger charge is -2.17. The van der Waals surface area contributed by atoms with E-state index >= 15 is 0 Å². The molecule has 0 saturated carbocycles. The predicted molar refractivity (Wildman–Crippen MR) is 97.9 cm³/mol. The Morgan fingerprint density at radius 2 is 1.87 bits per heavy atom. The van der Waals surface area contributed by atoms with Gasteiger partial charge < -0.3 is 0 Å². The van der Waals surface area contributed by atoms with E-state index in [4.69, 9.17) is 0 Å². The average Bonchev–Trinajstić information content (AvgIpc) is 2.56. The highest BCUT2D eigenvalue weighted by Gasteiger charge is 2.18. The predicted octanol–water partition coefficient (Wildman–Crippen LogP) is 5.11. The van der Waals surface area contributed by atoms with Crippen molar-refractivity contribution in [3.63, 3.8) is 0 Å². The van der Waals surface area contributed by atoms with Gasteiger partial charge in [-0.05, 0) is 44.4 Å². The second-order valence-electron chi connectivity index (χ2n) is 5.18. The molecule has 1 aliphatic carbocycles. The van der Waals surface area contributed by atoms with Gasteiger partial charge in [-0.3, -0.25) is 4.79 Å². The van der Waals surface area contributed by atoms with Crippen LogP contribution in [0.4, 0.5) is 0 Å². The zero-order chi connectivity index (χ0) is 17.4. The summed E-state index contributed by atoms with van der Waals surface area (Å²) in [6.07, 6.45) is 1.48. The van der Waals surface area contributed by atoms with Crippen LogP contribution in [0.3, 0.4) is 0 Å². The molecule has 1 heteroatoms. The third-order valence-corrected chi connectivity index (χ3v) is 3.62. The lowest BCUT2D eigenvalue weighted by atomic mass is 9.85. The Hall–Kier alpha value is -2.77. The van der Waals surface area contributed by atoms with Crippen LogP contribution in [0.25, 0.3) is 5.57 Å². The molecule has 116 valence electrons. The number of allylic oxidation sites excluding steroid dienone is 4. The first kappa shape index (κ1) is 18.3. The molecule has 0 amide bonds. The van der Waals surface area contributed by atoms with E-state index in [0.29, 0.717) is 12.0 Å². The second kappa shape index (κ2) is 8.62. The average molecular weight is 302 g/mol. The highest BCUT2D eigenvalue weighted by atomic mass is 16.1. The van der Waals surface area contributed by atoms with Gasteiger partial charge in [-0.25, -0.2) is 0 Å². The lowest BCUT2D eigenvalue weighted by molar-refractivity contribution is -0.104. The summed E-state index contributed by atoms with van der Waals surface area (Å²) in [5.41, 5.74) is 13.0. The molecule has 0 bridgehead atoms. The number of aryl methyl sites for hydroxylation is 2. The van der Waals surface area contributed by atoms with E-state index in [2.05, 4.69) is 68.5 Å². The van der Waals surface area contributed by atoms with E-state index in [1.807, 2.05) is 13.8 Å². The molecular formula is C22H22O. The zero-order valence-corrected chi connectivity index (χ0v) is 14.3. The monoisotopic (exact) mass is 302 g/mol. The molecule has 1 aromatic carbocycles. The molecule has 1 aliphatic rings. The Morgan fingerprint density at radius 3 is 2.43 bits per heavy atom. The van der Waals surface area contributed by atoms with Crippen LogP contribution in [0.2, 0.25) is 0 Å². The summed E-state index contributed by atoms with van der Waals surface area (Å²) < 4.78 is 0. The number of hydrogen-bond acceptors (Lipinski definition) is 1. The highest BCUT2D eigenvalue weighted by molar-refractivity contribution is 6.01. The van der Waals surface area contributed by atoms with E-state index in [1.54, 1.807) is 0 Å². The van der Waals surface area contributed by atoms with Gasteiger partial charge in [0, 0.05) is 17.6 Å². The minimum atomic E-state index is 0.556. The van der Waals surface area contributed by atoms with Gasteiger partial charge in [0.25, 0.3) is 0 Å². The quantitative estimate of drug-likeness (QED) is 0.328. The fourth-order valence-corrected chi connectivity index (χ4v) is 2.54. The minimum Gasteiger partial charge on any atom is -0.297 e. The molecule has 1 nitrogen and oxygen atoms in total. The molecule has 0 N–H and O–H groups in total. The minimum absolute atomic E-state index is 0.556. The lowest BCUT2D eigenvalue weighted by Crippen LogP contribution is -2.02. The number of benzene rings is 1. The van der Waals surface area contributed by atoms with Crippen LogP contribution in [0.1, 0.15) is 37.0 Å². The maximum Gasteiger partial charge on any atom is 0.159 e. The third-order valence-electron chi connectivity index (χ3n) is 3.62. The Bertz CT molecular complexity index is 809. The summed E-state index contributed by atoms with van der Waals surface area (Å²) in [5, 5.41) is 0. The number of carbonyl (C=O) groups is 1. The van der Waals surface area contributed by atoms with Gasteiger partial charge in [0.15, 0.2) is 6.29 Å². The molecule has 0 fully saturated rings. The van der Waals surface area contributed by atoms with Crippen molar-refractivity contribution in [2.75, 3.05) is 0 Å². The van der Waals surface area contributed by atoms with Crippen molar-refractivity contribution in [2.45, 2.75) is 34.1 Å². The largest absolute Gasteiger partial charge is 0.297 e. The van der Waals surface area contributed by atoms with Crippen molar-refractivity contribution in [1.29, 1.82) is 0 Å². The first-order valence-electron chi connectivity index (χ1n) is 7.47. The van der Waals surface area contributed by atoms with Gasteiger partial charge in [-0.15, -0.1) is 19.1 Å². The molecular weight excluding hydrogens is 280 g/mol. The first-order chi connectivity index (χ1) is 11.1. The highest BCUT2D eigenvalue weighted by Crippen LogP contribution is 2.34.